The first-order valence-corrected chi connectivity index (χ1v) is 7.38. The van der Waals surface area contributed by atoms with Gasteiger partial charge in [0.15, 0.2) is 0 Å². The van der Waals surface area contributed by atoms with E-state index < -0.39 is 11.6 Å². The van der Waals surface area contributed by atoms with Crippen LogP contribution in [0.4, 0.5) is 8.78 Å². The fraction of sp³-hybridized carbons (Fsp3) is 0.600. The predicted molar refractivity (Wildman–Crippen MR) is 78.0 cm³/mol. The molecule has 0 aromatic heterocycles. The van der Waals surface area contributed by atoms with Crippen molar-refractivity contribution in [1.82, 2.24) is 0 Å². The van der Waals surface area contributed by atoms with Gasteiger partial charge in [-0.15, -0.1) is 0 Å². The van der Waals surface area contributed by atoms with Gasteiger partial charge in [-0.2, -0.15) is 12.6 Å². The normalized spacial score (nSPS) is 11.6. The highest BCUT2D eigenvalue weighted by atomic mass is 32.1. The van der Waals surface area contributed by atoms with E-state index in [1.807, 2.05) is 0 Å². The zero-order valence-electron chi connectivity index (χ0n) is 11.6. The molecule has 0 heterocycles. The molecule has 108 valence electrons. The summed E-state index contributed by atoms with van der Waals surface area (Å²) in [4.78, 5) is 0. The molecule has 0 aliphatic carbocycles. The average Bonchev–Trinajstić information content (AvgIpc) is 2.35. The van der Waals surface area contributed by atoms with Crippen molar-refractivity contribution >= 4 is 12.6 Å². The van der Waals surface area contributed by atoms with Gasteiger partial charge in [-0.1, -0.05) is 26.7 Å². The topological polar surface area (TPSA) is 9.23 Å². The molecule has 0 radical (unpaired) electrons. The summed E-state index contributed by atoms with van der Waals surface area (Å²) in [6.07, 6.45) is 4.09. The highest BCUT2D eigenvalue weighted by molar-refractivity contribution is 7.80. The predicted octanol–water partition coefficient (Wildman–Crippen LogP) is 4.86. The van der Waals surface area contributed by atoms with Crippen LogP contribution >= 0.6 is 12.6 Å². The Kier molecular flexibility index (Phi) is 6.63. The van der Waals surface area contributed by atoms with E-state index in [9.17, 15) is 8.78 Å². The highest BCUT2D eigenvalue weighted by Gasteiger charge is 2.28. The summed E-state index contributed by atoms with van der Waals surface area (Å²) < 4.78 is 31.8. The number of hydrogen-bond acceptors (Lipinski definition) is 2. The summed E-state index contributed by atoms with van der Waals surface area (Å²) in [5.41, 5.74) is -0.0184. The van der Waals surface area contributed by atoms with Crippen LogP contribution in [-0.2, 0) is 0 Å². The first kappa shape index (κ1) is 16.3. The average molecular weight is 288 g/mol. The maximum absolute atomic E-state index is 13.1. The third-order valence-corrected chi connectivity index (χ3v) is 3.95. The maximum atomic E-state index is 13.1. The molecule has 4 heteroatoms. The number of ether oxygens (including phenoxy) is 1. The molecule has 19 heavy (non-hydrogen) atoms. The SMILES string of the molecule is CCCC(CS)(CCC)COc1cc(F)cc(F)c1. The molecule has 0 atom stereocenters. The molecule has 0 saturated heterocycles. The van der Waals surface area contributed by atoms with Gasteiger partial charge in [0.05, 0.1) is 6.61 Å². The van der Waals surface area contributed by atoms with Gasteiger partial charge in [0, 0.05) is 23.6 Å². The van der Waals surface area contributed by atoms with Gasteiger partial charge in [-0.3, -0.25) is 0 Å². The molecule has 0 bridgehead atoms. The summed E-state index contributed by atoms with van der Waals surface area (Å²) in [5, 5.41) is 0. The van der Waals surface area contributed by atoms with Gasteiger partial charge < -0.3 is 4.74 Å². The third-order valence-electron chi connectivity index (χ3n) is 3.28. The second-order valence-electron chi connectivity index (χ2n) is 5.05. The Morgan fingerprint density at radius 3 is 2.00 bits per heavy atom. The summed E-state index contributed by atoms with van der Waals surface area (Å²) in [6.45, 7) is 4.69. The molecule has 0 N–H and O–H groups in total. The Morgan fingerprint density at radius 1 is 1.05 bits per heavy atom. The molecule has 1 rings (SSSR count). The van der Waals surface area contributed by atoms with Gasteiger partial charge in [-0.25, -0.2) is 8.78 Å². The summed E-state index contributed by atoms with van der Waals surface area (Å²) in [5.74, 6) is -0.266. The fourth-order valence-corrected chi connectivity index (χ4v) is 2.79. The first-order valence-electron chi connectivity index (χ1n) is 6.75. The van der Waals surface area contributed by atoms with Crippen molar-refractivity contribution in [3.63, 3.8) is 0 Å². The van der Waals surface area contributed by atoms with Crippen molar-refractivity contribution in [2.24, 2.45) is 5.41 Å². The smallest absolute Gasteiger partial charge is 0.129 e. The second-order valence-corrected chi connectivity index (χ2v) is 5.37. The lowest BCUT2D eigenvalue weighted by Gasteiger charge is -2.31. The minimum Gasteiger partial charge on any atom is -0.493 e. The van der Waals surface area contributed by atoms with Crippen molar-refractivity contribution in [2.45, 2.75) is 39.5 Å². The summed E-state index contributed by atoms with van der Waals surface area (Å²) in [6, 6.07) is 3.27. The first-order chi connectivity index (χ1) is 9.05. The molecule has 0 aliphatic rings. The minimum absolute atomic E-state index is 0.0184. The van der Waals surface area contributed by atoms with Gasteiger partial charge in [-0.05, 0) is 18.6 Å². The molecule has 0 amide bonds. The van der Waals surface area contributed by atoms with Crippen LogP contribution in [0.2, 0.25) is 0 Å². The van der Waals surface area contributed by atoms with Crippen LogP contribution in [0.3, 0.4) is 0 Å². The van der Waals surface area contributed by atoms with Crippen LogP contribution in [0.25, 0.3) is 0 Å². The molecule has 1 aromatic rings. The maximum Gasteiger partial charge on any atom is 0.129 e. The van der Waals surface area contributed by atoms with Crippen LogP contribution in [0.5, 0.6) is 5.75 Å². The standard InChI is InChI=1S/C15H22F2OS/c1-3-5-15(11-19,6-4-2)10-18-14-8-12(16)7-13(17)9-14/h7-9,19H,3-6,10-11H2,1-2H3. The lowest BCUT2D eigenvalue weighted by Crippen LogP contribution is -2.30. The van der Waals surface area contributed by atoms with Gasteiger partial charge in [0.2, 0.25) is 0 Å². The number of thiol groups is 1. The summed E-state index contributed by atoms with van der Waals surface area (Å²) >= 11 is 4.43. The Bertz CT molecular complexity index is 369. The largest absolute Gasteiger partial charge is 0.493 e. The van der Waals surface area contributed by atoms with Gasteiger partial charge in [0.25, 0.3) is 0 Å². The number of rotatable bonds is 8. The molecule has 0 fully saturated rings. The molecular weight excluding hydrogens is 266 g/mol. The van der Waals surface area contributed by atoms with Crippen LogP contribution < -0.4 is 4.74 Å². The molecule has 0 aliphatic heterocycles. The molecule has 0 saturated carbocycles. The van der Waals surface area contributed by atoms with E-state index in [0.29, 0.717) is 12.4 Å². The van der Waals surface area contributed by atoms with Crippen molar-refractivity contribution < 1.29 is 13.5 Å². The Morgan fingerprint density at radius 2 is 1.58 bits per heavy atom. The van der Waals surface area contributed by atoms with E-state index >= 15 is 0 Å². The molecule has 1 nitrogen and oxygen atoms in total. The fourth-order valence-electron chi connectivity index (χ4n) is 2.38. The Hall–Kier alpha value is -0.770. The van der Waals surface area contributed by atoms with Crippen molar-refractivity contribution in [2.75, 3.05) is 12.4 Å². The molecular formula is C15H22F2OS. The number of benzene rings is 1. The third kappa shape index (κ3) is 5.01. The minimum atomic E-state index is -0.613. The van der Waals surface area contributed by atoms with E-state index in [1.165, 1.54) is 12.1 Å². The quantitative estimate of drug-likeness (QED) is 0.672. The monoisotopic (exact) mass is 288 g/mol. The van der Waals surface area contributed by atoms with Crippen LogP contribution in [0.15, 0.2) is 18.2 Å². The molecule has 0 unspecified atom stereocenters. The van der Waals surface area contributed by atoms with Crippen molar-refractivity contribution in [3.8, 4) is 5.75 Å². The number of halogens is 2. The Labute approximate surface area is 119 Å². The van der Waals surface area contributed by atoms with Crippen molar-refractivity contribution in [3.05, 3.63) is 29.8 Å². The molecule has 1 aromatic carbocycles. The lowest BCUT2D eigenvalue weighted by molar-refractivity contribution is 0.143. The van der Waals surface area contributed by atoms with E-state index in [0.717, 1.165) is 31.7 Å². The van der Waals surface area contributed by atoms with E-state index in [1.54, 1.807) is 0 Å². The lowest BCUT2D eigenvalue weighted by atomic mass is 9.82. The Balaban J connectivity index is 2.74. The second kappa shape index (κ2) is 7.73. The van der Waals surface area contributed by atoms with E-state index in [2.05, 4.69) is 26.5 Å². The van der Waals surface area contributed by atoms with Gasteiger partial charge >= 0.3 is 0 Å². The van der Waals surface area contributed by atoms with Crippen LogP contribution in [0.1, 0.15) is 39.5 Å². The highest BCUT2D eigenvalue weighted by Crippen LogP contribution is 2.32. The zero-order chi connectivity index (χ0) is 14.3. The van der Waals surface area contributed by atoms with E-state index in [4.69, 9.17) is 4.74 Å². The van der Waals surface area contributed by atoms with Crippen LogP contribution in [0, 0.1) is 17.0 Å². The van der Waals surface area contributed by atoms with Crippen LogP contribution in [-0.4, -0.2) is 12.4 Å². The van der Waals surface area contributed by atoms with E-state index in [-0.39, 0.29) is 11.2 Å². The van der Waals surface area contributed by atoms with Crippen molar-refractivity contribution in [1.29, 1.82) is 0 Å². The van der Waals surface area contributed by atoms with Gasteiger partial charge in [0.1, 0.15) is 17.4 Å². The number of hydrogen-bond donors (Lipinski definition) is 1. The molecule has 0 spiro atoms. The summed E-state index contributed by atoms with van der Waals surface area (Å²) in [7, 11) is 0. The zero-order valence-corrected chi connectivity index (χ0v) is 12.5.